The average molecular weight is 255 g/mol. The third kappa shape index (κ3) is 4.17. The molecule has 1 N–H and O–H groups in total. The van der Waals surface area contributed by atoms with Gasteiger partial charge < -0.3 is 5.32 Å². The number of amides is 1. The second-order valence-electron chi connectivity index (χ2n) is 4.49. The summed E-state index contributed by atoms with van der Waals surface area (Å²) in [4.78, 5) is 20.1. The molecule has 98 valence electrons. The maximum Gasteiger partial charge on any atom is 0.220 e. The van der Waals surface area contributed by atoms with Crippen LogP contribution >= 0.6 is 0 Å². The van der Waals surface area contributed by atoms with E-state index in [2.05, 4.69) is 15.3 Å². The summed E-state index contributed by atoms with van der Waals surface area (Å²) in [6.45, 7) is 2.50. The van der Waals surface area contributed by atoms with Crippen molar-refractivity contribution in [1.29, 1.82) is 0 Å². The molecule has 4 nitrogen and oxygen atoms in total. The van der Waals surface area contributed by atoms with Gasteiger partial charge in [-0.05, 0) is 29.7 Å². The van der Waals surface area contributed by atoms with Crippen LogP contribution in [0.25, 0.3) is 0 Å². The van der Waals surface area contributed by atoms with Gasteiger partial charge in [-0.2, -0.15) is 0 Å². The molecule has 0 spiro atoms. The van der Waals surface area contributed by atoms with Crippen LogP contribution < -0.4 is 5.32 Å². The Balaban J connectivity index is 1.82. The van der Waals surface area contributed by atoms with Gasteiger partial charge >= 0.3 is 0 Å². The van der Waals surface area contributed by atoms with Crippen LogP contribution in [0.15, 0.2) is 48.9 Å². The van der Waals surface area contributed by atoms with Crippen LogP contribution in [0.1, 0.15) is 30.5 Å². The fourth-order valence-corrected chi connectivity index (χ4v) is 1.83. The monoisotopic (exact) mass is 255 g/mol. The molecular weight excluding hydrogens is 238 g/mol. The van der Waals surface area contributed by atoms with E-state index in [1.54, 1.807) is 18.6 Å². The van der Waals surface area contributed by atoms with E-state index >= 15 is 0 Å². The molecule has 0 bridgehead atoms. The number of rotatable bonds is 5. The van der Waals surface area contributed by atoms with Crippen LogP contribution in [0.2, 0.25) is 0 Å². The number of nitrogens with one attached hydrogen (secondary N) is 1. The highest BCUT2D eigenvalue weighted by Crippen LogP contribution is 2.17. The van der Waals surface area contributed by atoms with E-state index < -0.39 is 0 Å². The lowest BCUT2D eigenvalue weighted by atomic mass is 9.99. The lowest BCUT2D eigenvalue weighted by Gasteiger charge is -2.11. The fourth-order valence-electron chi connectivity index (χ4n) is 1.83. The molecule has 2 aromatic heterocycles. The highest BCUT2D eigenvalue weighted by Gasteiger charge is 2.11. The summed E-state index contributed by atoms with van der Waals surface area (Å²) in [5.41, 5.74) is 1.94. The molecule has 0 aliphatic heterocycles. The first-order chi connectivity index (χ1) is 9.25. The molecule has 19 heavy (non-hydrogen) atoms. The zero-order valence-electron chi connectivity index (χ0n) is 10.9. The van der Waals surface area contributed by atoms with Crippen molar-refractivity contribution in [3.05, 3.63) is 60.2 Å². The SMILES string of the molecule is CC(CC(=O)NCc1ccccn1)c1cccnc1. The molecule has 0 aliphatic rings. The van der Waals surface area contributed by atoms with E-state index in [0.29, 0.717) is 13.0 Å². The van der Waals surface area contributed by atoms with Crippen LogP contribution in [-0.4, -0.2) is 15.9 Å². The first-order valence-electron chi connectivity index (χ1n) is 6.32. The minimum absolute atomic E-state index is 0.0296. The van der Waals surface area contributed by atoms with Gasteiger partial charge in [0, 0.05) is 25.0 Å². The summed E-state index contributed by atoms with van der Waals surface area (Å²) < 4.78 is 0. The molecule has 0 saturated carbocycles. The maximum atomic E-state index is 11.8. The molecule has 0 saturated heterocycles. The Morgan fingerprint density at radius 1 is 1.26 bits per heavy atom. The largest absolute Gasteiger partial charge is 0.350 e. The summed E-state index contributed by atoms with van der Waals surface area (Å²) in [5, 5.41) is 2.88. The fraction of sp³-hybridized carbons (Fsp3) is 0.267. The Bertz CT molecular complexity index is 513. The Morgan fingerprint density at radius 2 is 2.16 bits per heavy atom. The number of pyridine rings is 2. The Morgan fingerprint density at radius 3 is 2.84 bits per heavy atom. The van der Waals surface area contributed by atoms with Crippen LogP contribution in [0, 0.1) is 0 Å². The molecule has 1 amide bonds. The van der Waals surface area contributed by atoms with Crippen LogP contribution in [0.5, 0.6) is 0 Å². The highest BCUT2D eigenvalue weighted by atomic mass is 16.1. The molecule has 0 fully saturated rings. The molecule has 2 heterocycles. The van der Waals surface area contributed by atoms with Crippen molar-refractivity contribution in [3.63, 3.8) is 0 Å². The molecule has 2 rings (SSSR count). The van der Waals surface area contributed by atoms with Gasteiger partial charge in [0.25, 0.3) is 0 Å². The molecule has 1 atom stereocenters. The molecule has 2 aromatic rings. The molecule has 0 radical (unpaired) electrons. The predicted molar refractivity (Wildman–Crippen MR) is 73.4 cm³/mol. The van der Waals surface area contributed by atoms with Gasteiger partial charge in [-0.1, -0.05) is 19.1 Å². The van der Waals surface area contributed by atoms with Gasteiger partial charge in [0.15, 0.2) is 0 Å². The lowest BCUT2D eigenvalue weighted by molar-refractivity contribution is -0.121. The molecule has 0 aliphatic carbocycles. The van der Waals surface area contributed by atoms with Crippen molar-refractivity contribution in [2.45, 2.75) is 25.8 Å². The van der Waals surface area contributed by atoms with Crippen molar-refractivity contribution in [2.75, 3.05) is 0 Å². The number of hydrogen-bond donors (Lipinski definition) is 1. The van der Waals surface area contributed by atoms with Gasteiger partial charge in [-0.15, -0.1) is 0 Å². The minimum atomic E-state index is 0.0296. The molecule has 4 heteroatoms. The van der Waals surface area contributed by atoms with Crippen molar-refractivity contribution < 1.29 is 4.79 Å². The summed E-state index contributed by atoms with van der Waals surface area (Å²) in [7, 11) is 0. The third-order valence-electron chi connectivity index (χ3n) is 2.94. The Hall–Kier alpha value is -2.23. The zero-order valence-corrected chi connectivity index (χ0v) is 10.9. The van der Waals surface area contributed by atoms with E-state index in [9.17, 15) is 4.79 Å². The van der Waals surface area contributed by atoms with Gasteiger partial charge in [-0.25, -0.2) is 0 Å². The van der Waals surface area contributed by atoms with Crippen molar-refractivity contribution in [2.24, 2.45) is 0 Å². The summed E-state index contributed by atoms with van der Waals surface area (Å²) in [6.07, 6.45) is 5.71. The molecular formula is C15H17N3O. The van der Waals surface area contributed by atoms with Crippen molar-refractivity contribution in [1.82, 2.24) is 15.3 Å². The van der Waals surface area contributed by atoms with Gasteiger partial charge in [0.2, 0.25) is 5.91 Å². The van der Waals surface area contributed by atoms with E-state index in [4.69, 9.17) is 0 Å². The summed E-state index contributed by atoms with van der Waals surface area (Å²) in [6, 6.07) is 9.54. The number of carbonyl (C=O) groups excluding carboxylic acids is 1. The van der Waals surface area contributed by atoms with E-state index in [1.165, 1.54) is 0 Å². The van der Waals surface area contributed by atoms with Crippen molar-refractivity contribution in [3.8, 4) is 0 Å². The highest BCUT2D eigenvalue weighted by molar-refractivity contribution is 5.76. The van der Waals surface area contributed by atoms with Crippen LogP contribution in [0.3, 0.4) is 0 Å². The Labute approximate surface area is 112 Å². The number of hydrogen-bond acceptors (Lipinski definition) is 3. The van der Waals surface area contributed by atoms with Crippen molar-refractivity contribution >= 4 is 5.91 Å². The van der Waals surface area contributed by atoms with E-state index in [0.717, 1.165) is 11.3 Å². The van der Waals surface area contributed by atoms with Crippen LogP contribution in [0.4, 0.5) is 0 Å². The van der Waals surface area contributed by atoms with Gasteiger partial charge in [0.05, 0.1) is 12.2 Å². The lowest BCUT2D eigenvalue weighted by Crippen LogP contribution is -2.24. The third-order valence-corrected chi connectivity index (χ3v) is 2.94. The first kappa shape index (κ1) is 13.2. The number of carbonyl (C=O) groups is 1. The molecule has 1 unspecified atom stereocenters. The maximum absolute atomic E-state index is 11.8. The van der Waals surface area contributed by atoms with Crippen LogP contribution in [-0.2, 0) is 11.3 Å². The number of nitrogens with zero attached hydrogens (tertiary/aromatic N) is 2. The quantitative estimate of drug-likeness (QED) is 0.891. The Kier molecular flexibility index (Phi) is 4.61. The topological polar surface area (TPSA) is 54.9 Å². The average Bonchev–Trinajstić information content (AvgIpc) is 2.47. The smallest absolute Gasteiger partial charge is 0.220 e. The zero-order chi connectivity index (χ0) is 13.5. The number of aromatic nitrogens is 2. The first-order valence-corrected chi connectivity index (χ1v) is 6.32. The summed E-state index contributed by atoms with van der Waals surface area (Å²) in [5.74, 6) is 0.194. The van der Waals surface area contributed by atoms with E-state index in [-0.39, 0.29) is 11.8 Å². The minimum Gasteiger partial charge on any atom is -0.350 e. The normalized spacial score (nSPS) is 11.8. The van der Waals surface area contributed by atoms with Gasteiger partial charge in [-0.3, -0.25) is 14.8 Å². The second-order valence-corrected chi connectivity index (χ2v) is 4.49. The van der Waals surface area contributed by atoms with Gasteiger partial charge in [0.1, 0.15) is 0 Å². The summed E-state index contributed by atoms with van der Waals surface area (Å²) >= 11 is 0. The predicted octanol–water partition coefficient (Wildman–Crippen LogP) is 2.29. The van der Waals surface area contributed by atoms with E-state index in [1.807, 2.05) is 37.3 Å². The standard InChI is InChI=1S/C15H17N3O/c1-12(13-5-4-7-16-10-13)9-15(19)18-11-14-6-2-3-8-17-14/h2-8,10,12H,9,11H2,1H3,(H,18,19). The second kappa shape index (κ2) is 6.64. The molecule has 0 aromatic carbocycles.